The molecule has 2 aromatic carbocycles. The van der Waals surface area contributed by atoms with Gasteiger partial charge in [0.05, 0.1) is 12.1 Å². The lowest BCUT2D eigenvalue weighted by atomic mass is 10.2. The molecule has 166 valence electrons. The van der Waals surface area contributed by atoms with E-state index in [4.69, 9.17) is 0 Å². The molecule has 2 N–H and O–H groups in total. The highest BCUT2D eigenvalue weighted by molar-refractivity contribution is 7.14. The summed E-state index contributed by atoms with van der Waals surface area (Å²) in [5, 5.41) is 7.43. The van der Waals surface area contributed by atoms with E-state index in [1.807, 2.05) is 23.1 Å². The number of anilines is 2. The van der Waals surface area contributed by atoms with Crippen LogP contribution >= 0.6 is 11.3 Å². The first-order chi connectivity index (χ1) is 15.5. The maximum Gasteiger partial charge on any atom is 0.325 e. The molecule has 0 atom stereocenters. The fourth-order valence-electron chi connectivity index (χ4n) is 3.50. The van der Waals surface area contributed by atoms with E-state index in [0.29, 0.717) is 29.6 Å². The first-order valence-corrected chi connectivity index (χ1v) is 11.3. The van der Waals surface area contributed by atoms with Crippen molar-refractivity contribution in [2.24, 2.45) is 0 Å². The van der Waals surface area contributed by atoms with Crippen molar-refractivity contribution in [2.75, 3.05) is 36.8 Å². The van der Waals surface area contributed by atoms with E-state index < -0.39 is 6.03 Å². The van der Waals surface area contributed by atoms with Gasteiger partial charge >= 0.3 is 6.03 Å². The molecule has 3 aromatic rings. The van der Waals surface area contributed by atoms with Crippen molar-refractivity contribution in [2.45, 2.75) is 13.0 Å². The highest BCUT2D eigenvalue weighted by atomic mass is 32.1. The molecule has 0 bridgehead atoms. The molecule has 0 unspecified atom stereocenters. The van der Waals surface area contributed by atoms with E-state index in [2.05, 4.69) is 32.7 Å². The number of piperazine rings is 1. The van der Waals surface area contributed by atoms with Crippen molar-refractivity contribution >= 4 is 34.1 Å². The standard InChI is InChI=1S/C23H24FN5O2S/c24-18-6-8-19(9-7-18)25-22(31)27-23-26-20(16-32-23)14-21(30)29-12-10-28(11-13-29)15-17-4-2-1-3-5-17/h1-9,16H,10-15H2,(H2,25,26,27,31). The van der Waals surface area contributed by atoms with Gasteiger partial charge in [-0.2, -0.15) is 0 Å². The number of aromatic nitrogens is 1. The quantitative estimate of drug-likeness (QED) is 0.595. The van der Waals surface area contributed by atoms with E-state index in [0.717, 1.165) is 19.6 Å². The molecule has 4 rings (SSSR count). The number of carbonyl (C=O) groups is 2. The summed E-state index contributed by atoms with van der Waals surface area (Å²) in [7, 11) is 0. The molecule has 9 heteroatoms. The van der Waals surface area contributed by atoms with Crippen LogP contribution in [0.25, 0.3) is 0 Å². The lowest BCUT2D eigenvalue weighted by molar-refractivity contribution is -0.132. The number of benzene rings is 2. The second-order valence-electron chi connectivity index (χ2n) is 7.55. The number of halogens is 1. The van der Waals surface area contributed by atoms with Crippen LogP contribution in [-0.2, 0) is 17.8 Å². The molecule has 7 nitrogen and oxygen atoms in total. The van der Waals surface area contributed by atoms with Gasteiger partial charge in [0.15, 0.2) is 5.13 Å². The zero-order valence-corrected chi connectivity index (χ0v) is 18.3. The zero-order chi connectivity index (χ0) is 22.3. The molecule has 0 aliphatic carbocycles. The van der Waals surface area contributed by atoms with Crippen molar-refractivity contribution < 1.29 is 14.0 Å². The summed E-state index contributed by atoms with van der Waals surface area (Å²) in [6.07, 6.45) is 0.205. The minimum Gasteiger partial charge on any atom is -0.340 e. The number of carbonyl (C=O) groups excluding carboxylic acids is 2. The van der Waals surface area contributed by atoms with Crippen molar-refractivity contribution in [3.05, 3.63) is 77.1 Å². The number of urea groups is 1. The minimum atomic E-state index is -0.474. The average Bonchev–Trinajstić information content (AvgIpc) is 3.23. The van der Waals surface area contributed by atoms with E-state index in [-0.39, 0.29) is 18.1 Å². The highest BCUT2D eigenvalue weighted by Gasteiger charge is 2.22. The van der Waals surface area contributed by atoms with Crippen LogP contribution in [0.2, 0.25) is 0 Å². The summed E-state index contributed by atoms with van der Waals surface area (Å²) >= 11 is 1.26. The molecule has 1 saturated heterocycles. The van der Waals surface area contributed by atoms with Crippen LogP contribution in [0.5, 0.6) is 0 Å². The molecule has 1 aliphatic heterocycles. The molecule has 1 fully saturated rings. The molecule has 0 radical (unpaired) electrons. The van der Waals surface area contributed by atoms with Gasteiger partial charge in [-0.25, -0.2) is 14.2 Å². The normalized spacial score (nSPS) is 14.2. The number of nitrogens with zero attached hydrogens (tertiary/aromatic N) is 3. The van der Waals surface area contributed by atoms with E-state index >= 15 is 0 Å². The van der Waals surface area contributed by atoms with Crippen LogP contribution in [0.3, 0.4) is 0 Å². The summed E-state index contributed by atoms with van der Waals surface area (Å²) in [5.74, 6) is -0.334. The van der Waals surface area contributed by atoms with Crippen LogP contribution in [0.1, 0.15) is 11.3 Å². The van der Waals surface area contributed by atoms with Crippen LogP contribution in [0, 0.1) is 5.82 Å². The Balaban J connectivity index is 1.22. The number of rotatable bonds is 6. The Kier molecular flexibility index (Phi) is 7.08. The van der Waals surface area contributed by atoms with Crippen molar-refractivity contribution in [3.8, 4) is 0 Å². The first kappa shape index (κ1) is 21.9. The summed E-state index contributed by atoms with van der Waals surface area (Å²) in [5.41, 5.74) is 2.38. The molecule has 1 aromatic heterocycles. The maximum atomic E-state index is 13.0. The predicted molar refractivity (Wildman–Crippen MR) is 123 cm³/mol. The number of hydrogen-bond donors (Lipinski definition) is 2. The lowest BCUT2D eigenvalue weighted by Gasteiger charge is -2.34. The van der Waals surface area contributed by atoms with Crippen molar-refractivity contribution in [3.63, 3.8) is 0 Å². The Morgan fingerprint density at radius 3 is 2.41 bits per heavy atom. The van der Waals surface area contributed by atoms with Gasteiger partial charge in [-0.15, -0.1) is 11.3 Å². The van der Waals surface area contributed by atoms with Gasteiger partial charge in [-0.1, -0.05) is 30.3 Å². The third-order valence-electron chi connectivity index (χ3n) is 5.18. The van der Waals surface area contributed by atoms with Crippen LogP contribution in [0.15, 0.2) is 60.0 Å². The largest absolute Gasteiger partial charge is 0.340 e. The Labute approximate surface area is 189 Å². The number of nitrogens with one attached hydrogen (secondary N) is 2. The summed E-state index contributed by atoms with van der Waals surface area (Å²) in [6.45, 7) is 3.97. The first-order valence-electron chi connectivity index (χ1n) is 10.4. The molecule has 0 spiro atoms. The van der Waals surface area contributed by atoms with Crippen LogP contribution < -0.4 is 10.6 Å². The topological polar surface area (TPSA) is 77.6 Å². The molecule has 1 aliphatic rings. The highest BCUT2D eigenvalue weighted by Crippen LogP contribution is 2.18. The van der Waals surface area contributed by atoms with Crippen LogP contribution in [0.4, 0.5) is 20.0 Å². The number of amides is 3. The maximum absolute atomic E-state index is 13.0. The van der Waals surface area contributed by atoms with Crippen molar-refractivity contribution in [1.82, 2.24) is 14.8 Å². The number of thiazole rings is 1. The summed E-state index contributed by atoms with van der Waals surface area (Å²) < 4.78 is 13.0. The third kappa shape index (κ3) is 6.12. The second-order valence-corrected chi connectivity index (χ2v) is 8.41. The van der Waals surface area contributed by atoms with Gasteiger partial charge in [-0.05, 0) is 29.8 Å². The van der Waals surface area contributed by atoms with Gasteiger partial charge in [0.2, 0.25) is 5.91 Å². The van der Waals surface area contributed by atoms with Gasteiger partial charge in [-0.3, -0.25) is 15.0 Å². The molecular weight excluding hydrogens is 429 g/mol. The molecule has 0 saturated carbocycles. The predicted octanol–water partition coefficient (Wildman–Crippen LogP) is 3.81. The summed E-state index contributed by atoms with van der Waals surface area (Å²) in [6, 6.07) is 15.3. The van der Waals surface area contributed by atoms with Crippen molar-refractivity contribution in [1.29, 1.82) is 0 Å². The van der Waals surface area contributed by atoms with Gasteiger partial charge in [0.25, 0.3) is 0 Å². The fourth-order valence-corrected chi connectivity index (χ4v) is 4.21. The van der Waals surface area contributed by atoms with E-state index in [9.17, 15) is 14.0 Å². The molecular formula is C23H24FN5O2S. The Hall–Kier alpha value is -3.30. The second kappa shape index (κ2) is 10.3. The van der Waals surface area contributed by atoms with E-state index in [1.54, 1.807) is 5.38 Å². The Bertz CT molecular complexity index is 1050. The van der Waals surface area contributed by atoms with Gasteiger partial charge in [0.1, 0.15) is 5.82 Å². The Morgan fingerprint density at radius 2 is 1.69 bits per heavy atom. The minimum absolute atomic E-state index is 0.0389. The molecule has 32 heavy (non-hydrogen) atoms. The molecule has 2 heterocycles. The smallest absolute Gasteiger partial charge is 0.325 e. The van der Waals surface area contributed by atoms with Gasteiger partial charge in [0, 0.05) is 43.8 Å². The SMILES string of the molecule is O=C(Nc1ccc(F)cc1)Nc1nc(CC(=O)N2CCN(Cc3ccccc3)CC2)cs1. The van der Waals surface area contributed by atoms with E-state index in [1.165, 1.54) is 41.2 Å². The monoisotopic (exact) mass is 453 g/mol. The Morgan fingerprint density at radius 1 is 0.969 bits per heavy atom. The fraction of sp³-hybridized carbons (Fsp3) is 0.261. The molecule has 3 amide bonds. The van der Waals surface area contributed by atoms with Gasteiger partial charge < -0.3 is 10.2 Å². The zero-order valence-electron chi connectivity index (χ0n) is 17.5. The average molecular weight is 454 g/mol. The number of hydrogen-bond acceptors (Lipinski definition) is 5. The van der Waals surface area contributed by atoms with Crippen LogP contribution in [-0.4, -0.2) is 52.9 Å². The third-order valence-corrected chi connectivity index (χ3v) is 5.99. The lowest BCUT2D eigenvalue weighted by Crippen LogP contribution is -2.48. The summed E-state index contributed by atoms with van der Waals surface area (Å²) in [4.78, 5) is 33.3.